The van der Waals surface area contributed by atoms with Crippen molar-refractivity contribution in [2.24, 2.45) is 0 Å². The van der Waals surface area contributed by atoms with E-state index in [0.29, 0.717) is 5.56 Å². The van der Waals surface area contributed by atoms with Crippen LogP contribution in [0.15, 0.2) is 47.6 Å². The van der Waals surface area contributed by atoms with Crippen LogP contribution in [0.2, 0.25) is 0 Å². The van der Waals surface area contributed by atoms with Crippen molar-refractivity contribution in [2.45, 2.75) is 23.2 Å². The molecular weight excluding hydrogens is 329 g/mol. The van der Waals surface area contributed by atoms with Gasteiger partial charge in [0.15, 0.2) is 0 Å². The average molecular weight is 345 g/mol. The number of hydrogen-bond acceptors (Lipinski definition) is 4. The number of carbonyl (C=O) groups excluding carboxylic acids is 2. The molecule has 1 atom stereocenters. The molecule has 1 unspecified atom stereocenters. The van der Waals surface area contributed by atoms with Crippen LogP contribution in [0.4, 0.5) is 10.1 Å². The lowest BCUT2D eigenvalue weighted by molar-refractivity contribution is -0.124. The van der Waals surface area contributed by atoms with Gasteiger partial charge in [-0.2, -0.15) is 0 Å². The third-order valence-corrected chi connectivity index (χ3v) is 4.91. The number of nitrogens with zero attached hydrogens (tertiary/aromatic N) is 2. The van der Waals surface area contributed by atoms with Gasteiger partial charge in [-0.15, -0.1) is 0 Å². The average Bonchev–Trinajstić information content (AvgIpc) is 2.58. The molecule has 0 saturated carbocycles. The molecule has 5 nitrogen and oxygen atoms in total. The highest BCUT2D eigenvalue weighted by Gasteiger charge is 2.33. The van der Waals surface area contributed by atoms with Crippen molar-refractivity contribution in [2.75, 3.05) is 11.9 Å². The standard InChI is InChI=1S/C17H16FN3O2S/c1-21-13-6-3-7-19-16(13)24-14(17(21)23)9-15(22)20-10-11-4-2-5-12(18)8-11/h2-8,14H,9-10H2,1H3,(H,20,22). The number of benzene rings is 1. The van der Waals surface area contributed by atoms with E-state index in [1.54, 1.807) is 31.4 Å². The predicted molar refractivity (Wildman–Crippen MR) is 90.2 cm³/mol. The van der Waals surface area contributed by atoms with E-state index in [0.717, 1.165) is 10.7 Å². The summed E-state index contributed by atoms with van der Waals surface area (Å²) in [5.41, 5.74) is 1.43. The lowest BCUT2D eigenvalue weighted by atomic mass is 10.2. The number of amides is 2. The number of thioether (sulfide) groups is 1. The van der Waals surface area contributed by atoms with E-state index in [4.69, 9.17) is 0 Å². The van der Waals surface area contributed by atoms with Crippen LogP contribution in [0.25, 0.3) is 0 Å². The van der Waals surface area contributed by atoms with E-state index in [9.17, 15) is 14.0 Å². The number of aromatic nitrogens is 1. The molecule has 24 heavy (non-hydrogen) atoms. The molecule has 2 aromatic rings. The lowest BCUT2D eigenvalue weighted by Gasteiger charge is -2.29. The second-order valence-electron chi connectivity index (χ2n) is 5.44. The number of hydrogen-bond donors (Lipinski definition) is 1. The van der Waals surface area contributed by atoms with Crippen molar-refractivity contribution < 1.29 is 14.0 Å². The van der Waals surface area contributed by atoms with E-state index < -0.39 is 5.25 Å². The summed E-state index contributed by atoms with van der Waals surface area (Å²) in [5, 5.41) is 2.95. The fourth-order valence-corrected chi connectivity index (χ4v) is 3.68. The topological polar surface area (TPSA) is 62.3 Å². The van der Waals surface area contributed by atoms with Crippen LogP contribution in [0.3, 0.4) is 0 Å². The molecule has 1 aromatic carbocycles. The number of fused-ring (bicyclic) bond motifs is 1. The number of pyridine rings is 1. The minimum atomic E-state index is -0.509. The Morgan fingerprint density at radius 3 is 3.00 bits per heavy atom. The molecule has 0 fully saturated rings. The number of nitrogens with one attached hydrogen (secondary N) is 1. The highest BCUT2D eigenvalue weighted by molar-refractivity contribution is 8.00. The van der Waals surface area contributed by atoms with Gasteiger partial charge in [-0.1, -0.05) is 23.9 Å². The second kappa shape index (κ2) is 7.00. The summed E-state index contributed by atoms with van der Waals surface area (Å²) in [7, 11) is 1.68. The number of halogens is 1. The summed E-state index contributed by atoms with van der Waals surface area (Å²) in [4.78, 5) is 30.3. The van der Waals surface area contributed by atoms with Crippen molar-refractivity contribution in [1.82, 2.24) is 10.3 Å². The van der Waals surface area contributed by atoms with Gasteiger partial charge in [0.1, 0.15) is 10.8 Å². The Bertz CT molecular complexity index is 784. The van der Waals surface area contributed by atoms with Crippen molar-refractivity contribution in [1.29, 1.82) is 0 Å². The molecule has 0 aliphatic carbocycles. The van der Waals surface area contributed by atoms with Gasteiger partial charge >= 0.3 is 0 Å². The fourth-order valence-electron chi connectivity index (χ4n) is 2.47. The number of anilines is 1. The minimum absolute atomic E-state index is 0.0547. The molecule has 124 valence electrons. The van der Waals surface area contributed by atoms with Crippen LogP contribution in [0.5, 0.6) is 0 Å². The Balaban J connectivity index is 1.61. The molecule has 1 aromatic heterocycles. The van der Waals surface area contributed by atoms with Crippen molar-refractivity contribution in [3.63, 3.8) is 0 Å². The zero-order chi connectivity index (χ0) is 17.1. The minimum Gasteiger partial charge on any atom is -0.352 e. The van der Waals surface area contributed by atoms with Gasteiger partial charge < -0.3 is 10.2 Å². The Hall–Kier alpha value is -2.41. The Morgan fingerprint density at radius 2 is 2.21 bits per heavy atom. The van der Waals surface area contributed by atoms with Crippen molar-refractivity contribution in [3.05, 3.63) is 54.0 Å². The molecule has 7 heteroatoms. The fraction of sp³-hybridized carbons (Fsp3) is 0.235. The smallest absolute Gasteiger partial charge is 0.240 e. The van der Waals surface area contributed by atoms with Crippen LogP contribution in [-0.2, 0) is 16.1 Å². The maximum absolute atomic E-state index is 13.1. The highest BCUT2D eigenvalue weighted by atomic mass is 32.2. The van der Waals surface area contributed by atoms with Crippen molar-refractivity contribution >= 4 is 29.3 Å². The van der Waals surface area contributed by atoms with Gasteiger partial charge in [0.05, 0.1) is 10.9 Å². The van der Waals surface area contributed by atoms with E-state index >= 15 is 0 Å². The molecule has 0 saturated heterocycles. The molecule has 0 bridgehead atoms. The Labute approximate surface area is 143 Å². The summed E-state index contributed by atoms with van der Waals surface area (Å²) in [6, 6.07) is 9.65. The quantitative estimate of drug-likeness (QED) is 0.924. The molecule has 0 radical (unpaired) electrons. The van der Waals surface area contributed by atoms with E-state index in [1.807, 2.05) is 6.07 Å². The van der Waals surface area contributed by atoms with Gasteiger partial charge in [0, 0.05) is 26.2 Å². The normalized spacial score (nSPS) is 16.7. The SMILES string of the molecule is CN1C(=O)C(CC(=O)NCc2cccc(F)c2)Sc2ncccc21. The molecule has 2 amide bonds. The molecule has 3 rings (SSSR count). The van der Waals surface area contributed by atoms with Gasteiger partial charge in [0.25, 0.3) is 0 Å². The molecule has 1 N–H and O–H groups in total. The molecule has 2 heterocycles. The summed E-state index contributed by atoms with van der Waals surface area (Å²) in [6.07, 6.45) is 1.72. The summed E-state index contributed by atoms with van der Waals surface area (Å²) >= 11 is 1.30. The third-order valence-electron chi connectivity index (χ3n) is 3.72. The first-order valence-electron chi connectivity index (χ1n) is 7.45. The monoisotopic (exact) mass is 345 g/mol. The van der Waals surface area contributed by atoms with Crippen molar-refractivity contribution in [3.8, 4) is 0 Å². The zero-order valence-electron chi connectivity index (χ0n) is 13.0. The Kier molecular flexibility index (Phi) is 4.80. The van der Waals surface area contributed by atoms with Crippen LogP contribution in [0.1, 0.15) is 12.0 Å². The van der Waals surface area contributed by atoms with E-state index in [2.05, 4.69) is 10.3 Å². The predicted octanol–water partition coefficient (Wildman–Crippen LogP) is 2.36. The highest BCUT2D eigenvalue weighted by Crippen LogP contribution is 2.37. The first kappa shape index (κ1) is 16.4. The van der Waals surface area contributed by atoms with Gasteiger partial charge in [-0.05, 0) is 29.8 Å². The van der Waals surface area contributed by atoms with Gasteiger partial charge in [-0.3, -0.25) is 9.59 Å². The van der Waals surface area contributed by atoms with E-state index in [1.165, 1.54) is 28.8 Å². The van der Waals surface area contributed by atoms with Crippen LogP contribution in [-0.4, -0.2) is 29.1 Å². The number of carbonyl (C=O) groups is 2. The first-order valence-corrected chi connectivity index (χ1v) is 8.33. The summed E-state index contributed by atoms with van der Waals surface area (Å²) < 4.78 is 13.1. The maximum Gasteiger partial charge on any atom is 0.240 e. The number of rotatable bonds is 4. The Morgan fingerprint density at radius 1 is 1.38 bits per heavy atom. The van der Waals surface area contributed by atoms with Gasteiger partial charge in [-0.25, -0.2) is 9.37 Å². The second-order valence-corrected chi connectivity index (χ2v) is 6.63. The van der Waals surface area contributed by atoms with Crippen LogP contribution in [0, 0.1) is 5.82 Å². The van der Waals surface area contributed by atoms with Crippen LogP contribution < -0.4 is 10.2 Å². The van der Waals surface area contributed by atoms with E-state index in [-0.39, 0.29) is 30.6 Å². The third kappa shape index (κ3) is 3.56. The first-order chi connectivity index (χ1) is 11.5. The summed E-state index contributed by atoms with van der Waals surface area (Å²) in [6.45, 7) is 0.229. The summed E-state index contributed by atoms with van der Waals surface area (Å²) in [5.74, 6) is -0.719. The molecule has 1 aliphatic heterocycles. The maximum atomic E-state index is 13.1. The largest absolute Gasteiger partial charge is 0.352 e. The molecule has 1 aliphatic rings. The molecule has 0 spiro atoms. The molecular formula is C17H16FN3O2S. The zero-order valence-corrected chi connectivity index (χ0v) is 13.8. The van der Waals surface area contributed by atoms with Gasteiger partial charge in [0.2, 0.25) is 11.8 Å². The van der Waals surface area contributed by atoms with Crippen LogP contribution >= 0.6 is 11.8 Å². The lowest BCUT2D eigenvalue weighted by Crippen LogP contribution is -2.41.